The van der Waals surface area contributed by atoms with Crippen molar-refractivity contribution in [2.45, 2.75) is 6.54 Å². The number of amides is 1. The van der Waals surface area contributed by atoms with Crippen LogP contribution >= 0.6 is 0 Å². The number of para-hydroxylation sites is 2. The maximum Gasteiger partial charge on any atom is 0.307 e. The SMILES string of the molecule is COc1ccccc1NC(=O)c1ccccc1Cn1cc([N+](=O)[O-])cn1. The summed E-state index contributed by atoms with van der Waals surface area (Å²) >= 11 is 0. The number of aromatic nitrogens is 2. The van der Waals surface area contributed by atoms with Crippen LogP contribution in [0.15, 0.2) is 60.9 Å². The zero-order chi connectivity index (χ0) is 18.5. The van der Waals surface area contributed by atoms with E-state index in [1.807, 2.05) is 6.07 Å². The molecule has 0 unspecified atom stereocenters. The number of methoxy groups -OCH3 is 1. The molecule has 0 atom stereocenters. The Labute approximate surface area is 149 Å². The molecule has 2 aromatic carbocycles. The lowest BCUT2D eigenvalue weighted by Gasteiger charge is -2.12. The molecule has 0 aliphatic heterocycles. The highest BCUT2D eigenvalue weighted by Crippen LogP contribution is 2.24. The Morgan fingerprint density at radius 2 is 1.96 bits per heavy atom. The smallest absolute Gasteiger partial charge is 0.307 e. The van der Waals surface area contributed by atoms with E-state index >= 15 is 0 Å². The molecule has 0 saturated heterocycles. The summed E-state index contributed by atoms with van der Waals surface area (Å²) in [5.41, 5.74) is 1.61. The lowest BCUT2D eigenvalue weighted by molar-refractivity contribution is -0.385. The Bertz CT molecular complexity index is 952. The summed E-state index contributed by atoms with van der Waals surface area (Å²) in [5, 5.41) is 17.6. The zero-order valence-electron chi connectivity index (χ0n) is 14.0. The van der Waals surface area contributed by atoms with Crippen LogP contribution in [-0.2, 0) is 6.54 Å². The molecule has 0 fully saturated rings. The van der Waals surface area contributed by atoms with Crippen LogP contribution in [0.25, 0.3) is 0 Å². The molecule has 3 rings (SSSR count). The van der Waals surface area contributed by atoms with E-state index in [1.165, 1.54) is 24.2 Å². The summed E-state index contributed by atoms with van der Waals surface area (Å²) in [6.07, 6.45) is 2.51. The summed E-state index contributed by atoms with van der Waals surface area (Å²) in [6.45, 7) is 0.239. The van der Waals surface area contributed by atoms with E-state index in [0.717, 1.165) is 0 Å². The van der Waals surface area contributed by atoms with Crippen LogP contribution < -0.4 is 10.1 Å². The number of rotatable bonds is 6. The molecule has 0 radical (unpaired) electrons. The van der Waals surface area contributed by atoms with Crippen molar-refractivity contribution in [1.82, 2.24) is 9.78 Å². The van der Waals surface area contributed by atoms with Crippen LogP contribution in [0.1, 0.15) is 15.9 Å². The molecule has 0 bridgehead atoms. The molecule has 132 valence electrons. The van der Waals surface area contributed by atoms with Crippen LogP contribution in [0.3, 0.4) is 0 Å². The minimum absolute atomic E-state index is 0.0963. The Hall–Kier alpha value is -3.68. The van der Waals surface area contributed by atoms with Gasteiger partial charge in [0.05, 0.1) is 24.3 Å². The summed E-state index contributed by atoms with van der Waals surface area (Å²) in [5.74, 6) is 0.257. The third-order valence-electron chi connectivity index (χ3n) is 3.78. The lowest BCUT2D eigenvalue weighted by Crippen LogP contribution is -2.16. The first kappa shape index (κ1) is 17.2. The number of nitrogens with zero attached hydrogens (tertiary/aromatic N) is 3. The van der Waals surface area contributed by atoms with Crippen molar-refractivity contribution in [2.24, 2.45) is 0 Å². The van der Waals surface area contributed by atoms with Gasteiger partial charge in [-0.1, -0.05) is 30.3 Å². The van der Waals surface area contributed by atoms with Crippen molar-refractivity contribution in [3.8, 4) is 5.75 Å². The Morgan fingerprint density at radius 1 is 1.23 bits per heavy atom. The van der Waals surface area contributed by atoms with Crippen molar-refractivity contribution in [3.05, 3.63) is 82.2 Å². The second kappa shape index (κ2) is 7.47. The number of anilines is 1. The molecule has 3 aromatic rings. The highest BCUT2D eigenvalue weighted by atomic mass is 16.6. The highest BCUT2D eigenvalue weighted by molar-refractivity contribution is 6.06. The highest BCUT2D eigenvalue weighted by Gasteiger charge is 2.15. The van der Waals surface area contributed by atoms with E-state index in [2.05, 4.69) is 10.4 Å². The molecule has 0 aliphatic carbocycles. The van der Waals surface area contributed by atoms with E-state index in [1.54, 1.807) is 42.5 Å². The Balaban J connectivity index is 1.84. The van der Waals surface area contributed by atoms with Gasteiger partial charge in [0, 0.05) is 5.56 Å². The molecule has 0 saturated carbocycles. The molecular weight excluding hydrogens is 336 g/mol. The van der Waals surface area contributed by atoms with Crippen molar-refractivity contribution in [3.63, 3.8) is 0 Å². The van der Waals surface area contributed by atoms with Crippen LogP contribution in [0.4, 0.5) is 11.4 Å². The van der Waals surface area contributed by atoms with E-state index in [-0.39, 0.29) is 18.1 Å². The molecule has 0 spiro atoms. The molecule has 1 amide bonds. The summed E-state index contributed by atoms with van der Waals surface area (Å²) in [4.78, 5) is 23.0. The number of benzene rings is 2. The van der Waals surface area contributed by atoms with Gasteiger partial charge in [-0.05, 0) is 23.8 Å². The van der Waals surface area contributed by atoms with Gasteiger partial charge in [-0.15, -0.1) is 0 Å². The molecular formula is C18H16N4O4. The van der Waals surface area contributed by atoms with E-state index < -0.39 is 4.92 Å². The summed E-state index contributed by atoms with van der Waals surface area (Å²) in [7, 11) is 1.53. The number of carbonyl (C=O) groups excluding carboxylic acids is 1. The van der Waals surface area contributed by atoms with E-state index in [9.17, 15) is 14.9 Å². The first-order valence-electron chi connectivity index (χ1n) is 7.77. The summed E-state index contributed by atoms with van der Waals surface area (Å²) < 4.78 is 6.66. The summed E-state index contributed by atoms with van der Waals surface area (Å²) in [6, 6.07) is 14.1. The minimum atomic E-state index is -0.510. The maximum absolute atomic E-state index is 12.7. The van der Waals surface area contributed by atoms with Gasteiger partial charge in [-0.25, -0.2) is 0 Å². The van der Waals surface area contributed by atoms with E-state index in [4.69, 9.17) is 4.74 Å². The minimum Gasteiger partial charge on any atom is -0.495 e. The maximum atomic E-state index is 12.7. The van der Waals surface area contributed by atoms with Gasteiger partial charge >= 0.3 is 5.69 Å². The number of carbonyl (C=O) groups is 1. The zero-order valence-corrected chi connectivity index (χ0v) is 14.0. The fourth-order valence-corrected chi connectivity index (χ4v) is 2.53. The third-order valence-corrected chi connectivity index (χ3v) is 3.78. The fraction of sp³-hybridized carbons (Fsp3) is 0.111. The largest absolute Gasteiger partial charge is 0.495 e. The average molecular weight is 352 g/mol. The number of ether oxygens (including phenoxy) is 1. The molecule has 1 N–H and O–H groups in total. The molecule has 26 heavy (non-hydrogen) atoms. The van der Waals surface area contributed by atoms with Gasteiger partial charge in [0.25, 0.3) is 5.91 Å². The fourth-order valence-electron chi connectivity index (χ4n) is 2.53. The monoisotopic (exact) mass is 352 g/mol. The quantitative estimate of drug-likeness (QED) is 0.543. The lowest BCUT2D eigenvalue weighted by atomic mass is 10.1. The second-order valence-corrected chi connectivity index (χ2v) is 5.46. The topological polar surface area (TPSA) is 99.3 Å². The van der Waals surface area contributed by atoms with Gasteiger partial charge in [-0.3, -0.25) is 19.6 Å². The molecule has 8 nitrogen and oxygen atoms in total. The normalized spacial score (nSPS) is 10.3. The van der Waals surface area contributed by atoms with Crippen molar-refractivity contribution in [2.75, 3.05) is 12.4 Å². The average Bonchev–Trinajstić information content (AvgIpc) is 3.11. The van der Waals surface area contributed by atoms with Gasteiger partial charge in [0.1, 0.15) is 18.1 Å². The van der Waals surface area contributed by atoms with E-state index in [0.29, 0.717) is 22.6 Å². The number of hydrogen-bond donors (Lipinski definition) is 1. The Kier molecular flexibility index (Phi) is 4.93. The van der Waals surface area contributed by atoms with Crippen LogP contribution in [-0.4, -0.2) is 27.7 Å². The standard InChI is InChI=1S/C18H16N4O4/c1-26-17-9-5-4-8-16(17)20-18(23)15-7-3-2-6-13(15)11-21-12-14(10-19-21)22(24)25/h2-10,12H,11H2,1H3,(H,20,23). The predicted octanol–water partition coefficient (Wildman–Crippen LogP) is 3.10. The number of hydrogen-bond acceptors (Lipinski definition) is 5. The molecule has 8 heteroatoms. The molecule has 0 aliphatic rings. The number of nitrogens with one attached hydrogen (secondary N) is 1. The van der Waals surface area contributed by atoms with Crippen molar-refractivity contribution >= 4 is 17.3 Å². The van der Waals surface area contributed by atoms with Gasteiger partial charge < -0.3 is 10.1 Å². The van der Waals surface area contributed by atoms with Crippen molar-refractivity contribution < 1.29 is 14.5 Å². The second-order valence-electron chi connectivity index (χ2n) is 5.46. The molecule has 1 aromatic heterocycles. The van der Waals surface area contributed by atoms with Crippen LogP contribution in [0, 0.1) is 10.1 Å². The first-order valence-corrected chi connectivity index (χ1v) is 7.77. The van der Waals surface area contributed by atoms with Crippen molar-refractivity contribution in [1.29, 1.82) is 0 Å². The van der Waals surface area contributed by atoms with Crippen LogP contribution in [0.5, 0.6) is 5.75 Å². The van der Waals surface area contributed by atoms with Gasteiger partial charge in [0.2, 0.25) is 0 Å². The van der Waals surface area contributed by atoms with Gasteiger partial charge in [0.15, 0.2) is 0 Å². The number of nitro groups is 1. The third kappa shape index (κ3) is 3.69. The predicted molar refractivity (Wildman–Crippen MR) is 95.4 cm³/mol. The molecule has 1 heterocycles. The first-order chi connectivity index (χ1) is 12.6. The van der Waals surface area contributed by atoms with Gasteiger partial charge in [-0.2, -0.15) is 5.10 Å². The Morgan fingerprint density at radius 3 is 2.69 bits per heavy atom. The van der Waals surface area contributed by atoms with Crippen LogP contribution in [0.2, 0.25) is 0 Å².